The van der Waals surface area contributed by atoms with Gasteiger partial charge in [-0.05, 0) is 45.6 Å². The highest BCUT2D eigenvalue weighted by molar-refractivity contribution is 7.18. The first-order chi connectivity index (χ1) is 12.0. The highest BCUT2D eigenvalue weighted by Crippen LogP contribution is 2.31. The number of thiophene rings is 1. The van der Waals surface area contributed by atoms with Crippen LogP contribution in [0.1, 0.15) is 35.5 Å². The van der Waals surface area contributed by atoms with Crippen molar-refractivity contribution >= 4 is 33.1 Å². The first-order valence-electron chi connectivity index (χ1n) is 8.61. The molecule has 0 aromatic carbocycles. The van der Waals surface area contributed by atoms with Crippen molar-refractivity contribution in [2.45, 2.75) is 46.6 Å². The van der Waals surface area contributed by atoms with Crippen LogP contribution in [0.15, 0.2) is 4.79 Å². The van der Waals surface area contributed by atoms with Crippen molar-refractivity contribution in [2.75, 3.05) is 13.1 Å². The number of fused-ring (bicyclic) bond motifs is 3. The summed E-state index contributed by atoms with van der Waals surface area (Å²) in [5.41, 5.74) is 1.40. The Morgan fingerprint density at radius 3 is 2.60 bits per heavy atom. The molecule has 4 rings (SSSR count). The van der Waals surface area contributed by atoms with Gasteiger partial charge in [-0.25, -0.2) is 18.9 Å². The van der Waals surface area contributed by atoms with E-state index < -0.39 is 0 Å². The van der Waals surface area contributed by atoms with Gasteiger partial charge in [-0.3, -0.25) is 4.79 Å². The number of rotatable bonds is 2. The summed E-state index contributed by atoms with van der Waals surface area (Å²) in [5, 5.41) is 5.41. The molecule has 0 radical (unpaired) electrons. The maximum absolute atomic E-state index is 12.8. The molecule has 0 N–H and O–H groups in total. The molecule has 0 saturated carbocycles. The molecule has 1 aliphatic rings. The molecular weight excluding hydrogens is 338 g/mol. The molecule has 7 nitrogen and oxygen atoms in total. The van der Waals surface area contributed by atoms with Crippen LogP contribution in [0.25, 0.3) is 15.9 Å². The monoisotopic (exact) mass is 359 g/mol. The molecule has 0 atom stereocenters. The summed E-state index contributed by atoms with van der Waals surface area (Å²) in [6.07, 6.45) is 3.23. The number of carbonyl (C=O) groups excluding carboxylic acids is 1. The lowest BCUT2D eigenvalue weighted by Crippen LogP contribution is -2.39. The van der Waals surface area contributed by atoms with Crippen molar-refractivity contribution in [3.8, 4) is 0 Å². The minimum Gasteiger partial charge on any atom is -0.341 e. The summed E-state index contributed by atoms with van der Waals surface area (Å²) in [7, 11) is 0. The average molecular weight is 359 g/mol. The van der Waals surface area contributed by atoms with Gasteiger partial charge in [-0.1, -0.05) is 0 Å². The zero-order valence-corrected chi connectivity index (χ0v) is 15.5. The summed E-state index contributed by atoms with van der Waals surface area (Å²) >= 11 is 1.61. The second-order valence-electron chi connectivity index (χ2n) is 6.66. The lowest BCUT2D eigenvalue weighted by atomic mass is 10.1. The predicted molar refractivity (Wildman–Crippen MR) is 97.3 cm³/mol. The van der Waals surface area contributed by atoms with Gasteiger partial charge < -0.3 is 4.90 Å². The molecule has 0 spiro atoms. The van der Waals surface area contributed by atoms with Crippen molar-refractivity contribution in [3.63, 3.8) is 0 Å². The SMILES string of the molecule is Cc1sc2nc(C)n3c(=O)n(CC(=O)N4CCCCC4)nc3c2c1C. The third-order valence-corrected chi connectivity index (χ3v) is 6.11. The number of piperidine rings is 1. The fourth-order valence-electron chi connectivity index (χ4n) is 3.48. The maximum Gasteiger partial charge on any atom is 0.352 e. The first-order valence-corrected chi connectivity index (χ1v) is 9.42. The second kappa shape index (κ2) is 5.94. The Labute approximate surface area is 148 Å². The summed E-state index contributed by atoms with van der Waals surface area (Å²) in [5.74, 6) is 0.565. The normalized spacial score (nSPS) is 15.4. The molecule has 1 fully saturated rings. The van der Waals surface area contributed by atoms with Gasteiger partial charge in [0.1, 0.15) is 17.2 Å². The predicted octanol–water partition coefficient (Wildman–Crippen LogP) is 2.04. The minimum atomic E-state index is -0.296. The van der Waals surface area contributed by atoms with Crippen molar-refractivity contribution in [3.05, 3.63) is 26.7 Å². The smallest absolute Gasteiger partial charge is 0.341 e. The van der Waals surface area contributed by atoms with Crippen LogP contribution in [0.3, 0.4) is 0 Å². The molecule has 4 heterocycles. The van der Waals surface area contributed by atoms with Gasteiger partial charge >= 0.3 is 5.69 Å². The zero-order valence-electron chi connectivity index (χ0n) is 14.7. The zero-order chi connectivity index (χ0) is 17.7. The van der Waals surface area contributed by atoms with Crippen LogP contribution in [-0.2, 0) is 11.3 Å². The Hall–Kier alpha value is -2.22. The molecule has 3 aromatic rings. The minimum absolute atomic E-state index is 0.0103. The van der Waals surface area contributed by atoms with Gasteiger partial charge in [0, 0.05) is 18.0 Å². The van der Waals surface area contributed by atoms with Crippen molar-refractivity contribution in [1.82, 2.24) is 24.1 Å². The van der Waals surface area contributed by atoms with Crippen LogP contribution >= 0.6 is 11.3 Å². The Kier molecular flexibility index (Phi) is 3.87. The number of aryl methyl sites for hydroxylation is 3. The van der Waals surface area contributed by atoms with E-state index in [9.17, 15) is 9.59 Å². The van der Waals surface area contributed by atoms with E-state index in [1.807, 2.05) is 18.7 Å². The Morgan fingerprint density at radius 1 is 1.16 bits per heavy atom. The van der Waals surface area contributed by atoms with Gasteiger partial charge in [-0.15, -0.1) is 16.4 Å². The molecule has 8 heteroatoms. The molecule has 3 aromatic heterocycles. The van der Waals surface area contributed by atoms with Crippen LogP contribution in [0, 0.1) is 20.8 Å². The Bertz CT molecular complexity index is 1040. The average Bonchev–Trinajstić information content (AvgIpc) is 3.06. The van der Waals surface area contributed by atoms with Gasteiger partial charge in [0.25, 0.3) is 0 Å². The molecule has 1 aliphatic heterocycles. The molecule has 132 valence electrons. The van der Waals surface area contributed by atoms with Crippen molar-refractivity contribution in [2.24, 2.45) is 0 Å². The third-order valence-electron chi connectivity index (χ3n) is 5.01. The summed E-state index contributed by atoms with van der Waals surface area (Å²) in [4.78, 5) is 33.8. The number of hydrogen-bond acceptors (Lipinski definition) is 5. The highest BCUT2D eigenvalue weighted by atomic mass is 32.1. The number of likely N-dealkylation sites (tertiary alicyclic amines) is 1. The molecule has 0 aliphatic carbocycles. The van der Waals surface area contributed by atoms with E-state index in [0.717, 1.165) is 48.1 Å². The van der Waals surface area contributed by atoms with Crippen molar-refractivity contribution in [1.29, 1.82) is 0 Å². The van der Waals surface area contributed by atoms with Gasteiger partial charge in [0.05, 0.1) is 5.39 Å². The number of nitrogens with zero attached hydrogens (tertiary/aromatic N) is 5. The van der Waals surface area contributed by atoms with E-state index in [1.54, 1.807) is 18.3 Å². The van der Waals surface area contributed by atoms with Crippen LogP contribution < -0.4 is 5.69 Å². The maximum atomic E-state index is 12.8. The van der Waals surface area contributed by atoms with E-state index in [2.05, 4.69) is 10.1 Å². The topological polar surface area (TPSA) is 72.5 Å². The highest BCUT2D eigenvalue weighted by Gasteiger charge is 2.22. The fourth-order valence-corrected chi connectivity index (χ4v) is 4.55. The summed E-state index contributed by atoms with van der Waals surface area (Å²) < 4.78 is 2.80. The van der Waals surface area contributed by atoms with Crippen LogP contribution in [0.2, 0.25) is 0 Å². The van der Waals surface area contributed by atoms with Gasteiger partial charge in [-0.2, -0.15) is 0 Å². The van der Waals surface area contributed by atoms with Gasteiger partial charge in [0.15, 0.2) is 5.65 Å². The largest absolute Gasteiger partial charge is 0.352 e. The number of carbonyl (C=O) groups is 1. The van der Waals surface area contributed by atoms with Crippen LogP contribution in [-0.4, -0.2) is 43.1 Å². The molecule has 1 amide bonds. The Morgan fingerprint density at radius 2 is 1.88 bits per heavy atom. The number of amides is 1. The summed E-state index contributed by atoms with van der Waals surface area (Å²) in [6.45, 7) is 7.40. The van der Waals surface area contributed by atoms with E-state index >= 15 is 0 Å². The fraction of sp³-hybridized carbons (Fsp3) is 0.529. The molecular formula is C17H21N5O2S. The molecule has 1 saturated heterocycles. The van der Waals surface area contributed by atoms with E-state index in [1.165, 1.54) is 14.0 Å². The lowest BCUT2D eigenvalue weighted by molar-refractivity contribution is -0.133. The number of aromatic nitrogens is 4. The van der Waals surface area contributed by atoms with Gasteiger partial charge in [0.2, 0.25) is 5.91 Å². The molecule has 25 heavy (non-hydrogen) atoms. The van der Waals surface area contributed by atoms with E-state index in [0.29, 0.717) is 11.5 Å². The van der Waals surface area contributed by atoms with Crippen molar-refractivity contribution < 1.29 is 4.79 Å². The third kappa shape index (κ3) is 2.55. The van der Waals surface area contributed by atoms with E-state index in [-0.39, 0.29) is 18.1 Å². The number of hydrogen-bond donors (Lipinski definition) is 0. The molecule has 0 bridgehead atoms. The van der Waals surface area contributed by atoms with Crippen LogP contribution in [0.5, 0.6) is 0 Å². The Balaban J connectivity index is 1.81. The quantitative estimate of drug-likeness (QED) is 0.702. The first kappa shape index (κ1) is 16.3. The molecule has 0 unspecified atom stereocenters. The summed E-state index contributed by atoms with van der Waals surface area (Å²) in [6, 6.07) is 0. The second-order valence-corrected chi connectivity index (χ2v) is 7.87. The van der Waals surface area contributed by atoms with Crippen LogP contribution in [0.4, 0.5) is 0 Å². The lowest BCUT2D eigenvalue weighted by Gasteiger charge is -2.26. The van der Waals surface area contributed by atoms with E-state index in [4.69, 9.17) is 0 Å². The standard InChI is InChI=1S/C17H21N5O2S/c1-10-11(2)25-16-14(10)15-19-21(17(24)22(15)12(3)18-16)9-13(23)20-7-5-4-6-8-20/h4-9H2,1-3H3.